The van der Waals surface area contributed by atoms with Gasteiger partial charge in [-0.2, -0.15) is 0 Å². The molecule has 1 saturated heterocycles. The summed E-state index contributed by atoms with van der Waals surface area (Å²) in [6, 6.07) is 15.9. The predicted octanol–water partition coefficient (Wildman–Crippen LogP) is 4.42. The molecule has 36 heavy (non-hydrogen) atoms. The predicted molar refractivity (Wildman–Crippen MR) is 138 cm³/mol. The summed E-state index contributed by atoms with van der Waals surface area (Å²) in [7, 11) is 1.76. The van der Waals surface area contributed by atoms with Crippen LogP contribution in [0.25, 0.3) is 0 Å². The number of rotatable bonds is 5. The fourth-order valence-electron chi connectivity index (χ4n) is 5.08. The number of piperidine rings is 1. The van der Waals surface area contributed by atoms with Gasteiger partial charge in [-0.05, 0) is 66.8 Å². The Kier molecular flexibility index (Phi) is 6.74. The van der Waals surface area contributed by atoms with Crippen molar-refractivity contribution in [2.24, 2.45) is 0 Å². The van der Waals surface area contributed by atoms with Crippen molar-refractivity contribution in [3.8, 4) is 0 Å². The number of hydrogen-bond acceptors (Lipinski definition) is 4. The topological polar surface area (TPSA) is 82.6 Å². The number of nitrogens with one attached hydrogen (secondary N) is 1. The van der Waals surface area contributed by atoms with Crippen molar-refractivity contribution in [1.29, 1.82) is 0 Å². The van der Waals surface area contributed by atoms with Gasteiger partial charge in [-0.25, -0.2) is 0 Å². The fraction of sp³-hybridized carbons (Fsp3) is 0.286. The van der Waals surface area contributed by atoms with Gasteiger partial charge in [0.2, 0.25) is 5.91 Å². The second-order valence-corrected chi connectivity index (χ2v) is 9.68. The maximum absolute atomic E-state index is 13.4. The van der Waals surface area contributed by atoms with Crippen LogP contribution < -0.4 is 10.2 Å². The SMILES string of the molecule is CN(C(=O)c1ccc2c(c1)[C@H](NC(=O)c1ccccc1Cl)CC2)C1CCN(c2ccncc2)C(=O)C1. The van der Waals surface area contributed by atoms with E-state index in [9.17, 15) is 14.4 Å². The highest BCUT2D eigenvalue weighted by Crippen LogP contribution is 2.33. The number of carbonyl (C=O) groups is 3. The molecule has 0 radical (unpaired) electrons. The number of nitrogens with zero attached hydrogens (tertiary/aromatic N) is 3. The van der Waals surface area contributed by atoms with E-state index in [-0.39, 0.29) is 36.2 Å². The number of halogens is 1. The van der Waals surface area contributed by atoms with Crippen molar-refractivity contribution >= 4 is 35.0 Å². The smallest absolute Gasteiger partial charge is 0.253 e. The molecule has 1 fully saturated rings. The number of anilines is 1. The summed E-state index contributed by atoms with van der Waals surface area (Å²) in [6.45, 7) is 0.547. The summed E-state index contributed by atoms with van der Waals surface area (Å²) in [5, 5.41) is 3.48. The second kappa shape index (κ2) is 10.1. The first-order valence-electron chi connectivity index (χ1n) is 12.1. The summed E-state index contributed by atoms with van der Waals surface area (Å²) in [5.74, 6) is -0.365. The standard InChI is InChI=1S/C28H27ClN4O3/c1-32(21-12-15-33(26(34)17-21)20-10-13-30-14-11-20)28(36)19-7-6-18-8-9-25(23(18)16-19)31-27(35)22-4-2-3-5-24(22)29/h2-7,10-11,13-14,16,21,25H,8-9,12,15,17H2,1H3,(H,31,35)/t21?,25-/m1/s1. The van der Waals surface area contributed by atoms with Gasteiger partial charge < -0.3 is 15.1 Å². The molecule has 3 aromatic rings. The number of pyridine rings is 1. The van der Waals surface area contributed by atoms with Crippen LogP contribution in [0.15, 0.2) is 67.0 Å². The van der Waals surface area contributed by atoms with Gasteiger partial charge in [-0.1, -0.05) is 29.8 Å². The van der Waals surface area contributed by atoms with Crippen LogP contribution in [0.3, 0.4) is 0 Å². The van der Waals surface area contributed by atoms with Gasteiger partial charge >= 0.3 is 0 Å². The van der Waals surface area contributed by atoms with Crippen LogP contribution >= 0.6 is 11.6 Å². The van der Waals surface area contributed by atoms with E-state index < -0.39 is 0 Å². The van der Waals surface area contributed by atoms with Crippen molar-refractivity contribution in [3.05, 3.63) is 94.3 Å². The number of hydrogen-bond donors (Lipinski definition) is 1. The molecule has 1 N–H and O–H groups in total. The number of benzene rings is 2. The molecular formula is C28H27ClN4O3. The summed E-state index contributed by atoms with van der Waals surface area (Å²) >= 11 is 6.19. The Morgan fingerprint density at radius 2 is 1.86 bits per heavy atom. The Labute approximate surface area is 215 Å². The highest BCUT2D eigenvalue weighted by molar-refractivity contribution is 6.33. The third kappa shape index (κ3) is 4.71. The zero-order chi connectivity index (χ0) is 25.2. The van der Waals surface area contributed by atoms with Gasteiger partial charge in [-0.15, -0.1) is 0 Å². The molecule has 2 aliphatic rings. The van der Waals surface area contributed by atoms with Crippen LogP contribution in [0.1, 0.15) is 57.1 Å². The van der Waals surface area contributed by atoms with Crippen molar-refractivity contribution < 1.29 is 14.4 Å². The lowest BCUT2D eigenvalue weighted by Gasteiger charge is -2.36. The van der Waals surface area contributed by atoms with Crippen LogP contribution in [0.2, 0.25) is 5.02 Å². The fourth-order valence-corrected chi connectivity index (χ4v) is 5.30. The lowest BCUT2D eigenvalue weighted by atomic mass is 9.99. The van der Waals surface area contributed by atoms with Crippen molar-refractivity contribution in [2.75, 3.05) is 18.5 Å². The monoisotopic (exact) mass is 502 g/mol. The van der Waals surface area contributed by atoms with E-state index in [0.717, 1.165) is 29.7 Å². The maximum Gasteiger partial charge on any atom is 0.253 e. The van der Waals surface area contributed by atoms with Crippen LogP contribution in [-0.4, -0.2) is 47.2 Å². The minimum Gasteiger partial charge on any atom is -0.345 e. The molecule has 2 atom stereocenters. The summed E-state index contributed by atoms with van der Waals surface area (Å²) in [6.07, 6.45) is 5.89. The van der Waals surface area contributed by atoms with Gasteiger partial charge in [0, 0.05) is 49.7 Å². The molecule has 3 amide bonds. The first kappa shape index (κ1) is 24.0. The van der Waals surface area contributed by atoms with Crippen LogP contribution in [0.5, 0.6) is 0 Å². The number of aryl methyl sites for hydroxylation is 1. The van der Waals surface area contributed by atoms with Crippen molar-refractivity contribution in [3.63, 3.8) is 0 Å². The van der Waals surface area contributed by atoms with Gasteiger partial charge in [-0.3, -0.25) is 19.4 Å². The molecule has 1 aliphatic heterocycles. The molecule has 0 saturated carbocycles. The molecule has 5 rings (SSSR count). The molecule has 1 aliphatic carbocycles. The van der Waals surface area contributed by atoms with Crippen LogP contribution in [0.4, 0.5) is 5.69 Å². The zero-order valence-electron chi connectivity index (χ0n) is 20.0. The van der Waals surface area contributed by atoms with Crippen LogP contribution in [0, 0.1) is 0 Å². The summed E-state index contributed by atoms with van der Waals surface area (Å²) < 4.78 is 0. The van der Waals surface area contributed by atoms with Gasteiger partial charge in [0.05, 0.1) is 16.6 Å². The molecule has 0 bridgehead atoms. The first-order chi connectivity index (χ1) is 17.4. The van der Waals surface area contributed by atoms with E-state index in [4.69, 9.17) is 11.6 Å². The zero-order valence-corrected chi connectivity index (χ0v) is 20.7. The molecule has 1 unspecified atom stereocenters. The lowest BCUT2D eigenvalue weighted by molar-refractivity contribution is -0.120. The second-order valence-electron chi connectivity index (χ2n) is 9.27. The van der Waals surface area contributed by atoms with E-state index in [0.29, 0.717) is 29.1 Å². The number of aromatic nitrogens is 1. The highest BCUT2D eigenvalue weighted by atomic mass is 35.5. The van der Waals surface area contributed by atoms with Gasteiger partial charge in [0.15, 0.2) is 0 Å². The molecule has 0 spiro atoms. The van der Waals surface area contributed by atoms with Gasteiger partial charge in [0.25, 0.3) is 11.8 Å². The van der Waals surface area contributed by atoms with Crippen molar-refractivity contribution in [1.82, 2.24) is 15.2 Å². The molecule has 184 valence electrons. The first-order valence-corrected chi connectivity index (χ1v) is 12.5. The van der Waals surface area contributed by atoms with Gasteiger partial charge in [0.1, 0.15) is 0 Å². The summed E-state index contributed by atoms with van der Waals surface area (Å²) in [4.78, 5) is 46.5. The van der Waals surface area contributed by atoms with Crippen molar-refractivity contribution in [2.45, 2.75) is 37.8 Å². The number of carbonyl (C=O) groups excluding carboxylic acids is 3. The third-order valence-corrected chi connectivity index (χ3v) is 7.46. The quantitative estimate of drug-likeness (QED) is 0.560. The minimum atomic E-state index is -0.230. The average Bonchev–Trinajstić information content (AvgIpc) is 3.30. The third-order valence-electron chi connectivity index (χ3n) is 7.13. The molecule has 2 heterocycles. The number of amides is 3. The normalized spacial score (nSPS) is 19.1. The minimum absolute atomic E-state index is 0.00611. The molecule has 1 aromatic heterocycles. The lowest BCUT2D eigenvalue weighted by Crippen LogP contribution is -2.48. The summed E-state index contributed by atoms with van der Waals surface area (Å²) in [5.41, 5.74) is 3.89. The Morgan fingerprint density at radius 3 is 2.61 bits per heavy atom. The average molecular weight is 503 g/mol. The Morgan fingerprint density at radius 1 is 1.08 bits per heavy atom. The largest absolute Gasteiger partial charge is 0.345 e. The molecular weight excluding hydrogens is 476 g/mol. The van der Waals surface area contributed by atoms with E-state index in [2.05, 4.69) is 10.3 Å². The Balaban J connectivity index is 1.28. The van der Waals surface area contributed by atoms with E-state index >= 15 is 0 Å². The van der Waals surface area contributed by atoms with E-state index in [1.165, 1.54) is 0 Å². The highest BCUT2D eigenvalue weighted by Gasteiger charge is 2.32. The molecule has 8 heteroatoms. The Bertz CT molecular complexity index is 1310. The Hall–Kier alpha value is -3.71. The number of fused-ring (bicyclic) bond motifs is 1. The van der Waals surface area contributed by atoms with E-state index in [1.807, 2.05) is 30.3 Å². The van der Waals surface area contributed by atoms with E-state index in [1.54, 1.807) is 53.5 Å². The maximum atomic E-state index is 13.4. The molecule has 2 aromatic carbocycles. The van der Waals surface area contributed by atoms with Crippen LogP contribution in [-0.2, 0) is 11.2 Å². The molecule has 7 nitrogen and oxygen atoms in total.